The van der Waals surface area contributed by atoms with Gasteiger partial charge < -0.3 is 4.90 Å². The molecule has 0 saturated carbocycles. The molecule has 0 radical (unpaired) electrons. The average molecular weight is 255 g/mol. The number of carbonyl (C=O) groups excluding carboxylic acids is 1. The van der Waals surface area contributed by atoms with Crippen LogP contribution in [0.15, 0.2) is 17.0 Å². The molecule has 72 valence electrons. The molecule has 0 aliphatic carbocycles. The summed E-state index contributed by atoms with van der Waals surface area (Å²) in [5.74, 6) is -0.305. The van der Waals surface area contributed by atoms with E-state index in [1.165, 1.54) is 17.4 Å². The first-order valence-corrected chi connectivity index (χ1v) is 4.54. The van der Waals surface area contributed by atoms with Gasteiger partial charge in [-0.15, -0.1) is 0 Å². The molecule has 0 bridgehead atoms. The van der Waals surface area contributed by atoms with E-state index in [9.17, 15) is 4.79 Å². The van der Waals surface area contributed by atoms with Crippen LogP contribution in [0.2, 0.25) is 0 Å². The zero-order valence-electron chi connectivity index (χ0n) is 7.44. The highest BCUT2D eigenvalue weighted by molar-refractivity contribution is 9.10. The van der Waals surface area contributed by atoms with Crippen molar-refractivity contribution in [1.82, 2.24) is 14.9 Å². The molecule has 0 saturated heterocycles. The normalized spacial score (nSPS) is 9.21. The van der Waals surface area contributed by atoms with E-state index in [1.807, 2.05) is 6.07 Å². The molecule has 0 spiro atoms. The van der Waals surface area contributed by atoms with Gasteiger partial charge in [-0.25, -0.2) is 9.97 Å². The Morgan fingerprint density at radius 2 is 2.50 bits per heavy atom. The monoisotopic (exact) mass is 254 g/mol. The molecule has 14 heavy (non-hydrogen) atoms. The molecule has 0 aliphatic heterocycles. The Morgan fingerprint density at radius 3 is 3.07 bits per heavy atom. The van der Waals surface area contributed by atoms with E-state index >= 15 is 0 Å². The maximum absolute atomic E-state index is 11.6. The van der Waals surface area contributed by atoms with Crippen LogP contribution < -0.4 is 0 Å². The van der Waals surface area contributed by atoms with Crippen molar-refractivity contribution in [1.29, 1.82) is 5.26 Å². The number of rotatable bonds is 2. The summed E-state index contributed by atoms with van der Waals surface area (Å²) < 4.78 is 0.523. The van der Waals surface area contributed by atoms with Gasteiger partial charge in [-0.3, -0.25) is 4.79 Å². The lowest BCUT2D eigenvalue weighted by Gasteiger charge is -2.12. The van der Waals surface area contributed by atoms with E-state index in [-0.39, 0.29) is 18.1 Å². The molecule has 5 nitrogen and oxygen atoms in total. The number of hydrogen-bond acceptors (Lipinski definition) is 4. The van der Waals surface area contributed by atoms with Gasteiger partial charge in [-0.1, -0.05) is 0 Å². The van der Waals surface area contributed by atoms with Crippen LogP contribution in [0.4, 0.5) is 0 Å². The molecule has 0 atom stereocenters. The molecule has 0 aromatic carbocycles. The van der Waals surface area contributed by atoms with Gasteiger partial charge in [0.15, 0.2) is 0 Å². The Hall–Kier alpha value is -1.48. The van der Waals surface area contributed by atoms with Gasteiger partial charge in [0.1, 0.15) is 18.6 Å². The zero-order chi connectivity index (χ0) is 10.6. The van der Waals surface area contributed by atoms with Gasteiger partial charge in [0.2, 0.25) is 0 Å². The summed E-state index contributed by atoms with van der Waals surface area (Å²) in [6, 6.07) is 1.88. The summed E-state index contributed by atoms with van der Waals surface area (Å²) in [5, 5.41) is 8.41. The molecular weight excluding hydrogens is 248 g/mol. The number of halogens is 1. The summed E-state index contributed by atoms with van der Waals surface area (Å²) >= 11 is 3.16. The second-order valence-corrected chi connectivity index (χ2v) is 3.39. The molecular formula is C8H7BrN4O. The Balaban J connectivity index is 2.91. The minimum Gasteiger partial charge on any atom is -0.327 e. The summed E-state index contributed by atoms with van der Waals surface area (Å²) in [5.41, 5.74) is 0.262. The first-order valence-electron chi connectivity index (χ1n) is 3.74. The zero-order valence-corrected chi connectivity index (χ0v) is 9.02. The van der Waals surface area contributed by atoms with E-state index in [0.29, 0.717) is 4.47 Å². The van der Waals surface area contributed by atoms with Crippen molar-refractivity contribution in [3.05, 3.63) is 22.7 Å². The molecule has 0 N–H and O–H groups in total. The Labute approximate surface area is 89.5 Å². The van der Waals surface area contributed by atoms with Crippen molar-refractivity contribution in [3.63, 3.8) is 0 Å². The average Bonchev–Trinajstić information content (AvgIpc) is 2.18. The van der Waals surface area contributed by atoms with Crippen molar-refractivity contribution in [2.24, 2.45) is 0 Å². The summed E-state index contributed by atoms with van der Waals surface area (Å²) in [6.45, 7) is 0.0370. The third-order valence-electron chi connectivity index (χ3n) is 1.52. The van der Waals surface area contributed by atoms with E-state index in [4.69, 9.17) is 5.26 Å². The maximum Gasteiger partial charge on any atom is 0.274 e. The number of nitrogens with zero attached hydrogens (tertiary/aromatic N) is 4. The highest BCUT2D eigenvalue weighted by Crippen LogP contribution is 2.13. The number of hydrogen-bond donors (Lipinski definition) is 0. The number of nitriles is 1. The van der Waals surface area contributed by atoms with Crippen molar-refractivity contribution in [2.75, 3.05) is 13.6 Å². The van der Waals surface area contributed by atoms with Crippen LogP contribution in [-0.2, 0) is 0 Å². The topological polar surface area (TPSA) is 69.9 Å². The van der Waals surface area contributed by atoms with Crippen molar-refractivity contribution in [3.8, 4) is 6.07 Å². The highest BCUT2D eigenvalue weighted by atomic mass is 79.9. The third-order valence-corrected chi connectivity index (χ3v) is 2.11. The predicted octanol–water partition coefficient (Wildman–Crippen LogP) is 0.835. The van der Waals surface area contributed by atoms with Crippen LogP contribution in [0.1, 0.15) is 10.5 Å². The molecule has 0 unspecified atom stereocenters. The smallest absolute Gasteiger partial charge is 0.274 e. The van der Waals surface area contributed by atoms with E-state index in [2.05, 4.69) is 25.9 Å². The first kappa shape index (κ1) is 10.6. The van der Waals surface area contributed by atoms with E-state index in [0.717, 1.165) is 0 Å². The molecule has 1 rings (SSSR count). The molecule has 1 heterocycles. The molecule has 0 aliphatic rings. The second kappa shape index (κ2) is 4.67. The Kier molecular flexibility index (Phi) is 3.54. The lowest BCUT2D eigenvalue weighted by atomic mass is 10.3. The lowest BCUT2D eigenvalue weighted by Crippen LogP contribution is -2.28. The quantitative estimate of drug-likeness (QED) is 0.734. The number of amides is 1. The van der Waals surface area contributed by atoms with E-state index in [1.54, 1.807) is 7.05 Å². The third kappa shape index (κ3) is 2.26. The Bertz CT molecular complexity index is 387. The highest BCUT2D eigenvalue weighted by Gasteiger charge is 2.15. The second-order valence-electron chi connectivity index (χ2n) is 2.54. The molecule has 1 aromatic rings. The largest absolute Gasteiger partial charge is 0.327 e. The van der Waals surface area contributed by atoms with Crippen LogP contribution in [0.3, 0.4) is 0 Å². The molecule has 0 fully saturated rings. The Morgan fingerprint density at radius 1 is 1.79 bits per heavy atom. The minimum absolute atomic E-state index is 0.0370. The van der Waals surface area contributed by atoms with Gasteiger partial charge >= 0.3 is 0 Å². The fourth-order valence-electron chi connectivity index (χ4n) is 0.829. The van der Waals surface area contributed by atoms with Crippen LogP contribution >= 0.6 is 15.9 Å². The van der Waals surface area contributed by atoms with Gasteiger partial charge in [-0.05, 0) is 15.9 Å². The molecule has 6 heteroatoms. The van der Waals surface area contributed by atoms with Crippen molar-refractivity contribution in [2.45, 2.75) is 0 Å². The summed E-state index contributed by atoms with van der Waals surface area (Å²) in [7, 11) is 1.54. The van der Waals surface area contributed by atoms with Gasteiger partial charge in [0.25, 0.3) is 5.91 Å². The fourth-order valence-corrected chi connectivity index (χ4v) is 1.22. The SMILES string of the molecule is CN(CC#N)C(=O)c1ncncc1Br. The standard InChI is InChI=1S/C8H7BrN4O/c1-13(3-2-10)8(14)7-6(9)4-11-5-12-7/h4-5H,3H2,1H3. The van der Waals surface area contributed by atoms with Crippen molar-refractivity contribution < 1.29 is 4.79 Å². The first-order chi connectivity index (χ1) is 6.66. The molecule has 1 amide bonds. The van der Waals surface area contributed by atoms with Crippen LogP contribution in [0.5, 0.6) is 0 Å². The van der Waals surface area contributed by atoms with Crippen LogP contribution in [-0.4, -0.2) is 34.4 Å². The summed E-state index contributed by atoms with van der Waals surface area (Å²) in [4.78, 5) is 20.5. The van der Waals surface area contributed by atoms with Crippen LogP contribution in [0.25, 0.3) is 0 Å². The minimum atomic E-state index is -0.305. The maximum atomic E-state index is 11.6. The van der Waals surface area contributed by atoms with E-state index < -0.39 is 0 Å². The predicted molar refractivity (Wildman–Crippen MR) is 52.3 cm³/mol. The van der Waals surface area contributed by atoms with Crippen molar-refractivity contribution >= 4 is 21.8 Å². The summed E-state index contributed by atoms with van der Waals surface area (Å²) in [6.07, 6.45) is 2.78. The lowest BCUT2D eigenvalue weighted by molar-refractivity contribution is 0.0805. The van der Waals surface area contributed by atoms with Gasteiger partial charge in [-0.2, -0.15) is 5.26 Å². The number of aromatic nitrogens is 2. The van der Waals surface area contributed by atoms with Gasteiger partial charge in [0, 0.05) is 13.2 Å². The number of carbonyl (C=O) groups is 1. The van der Waals surface area contributed by atoms with Gasteiger partial charge in [0.05, 0.1) is 10.5 Å². The molecule has 1 aromatic heterocycles. The van der Waals surface area contributed by atoms with Crippen LogP contribution in [0, 0.1) is 11.3 Å². The fraction of sp³-hybridized carbons (Fsp3) is 0.250.